The van der Waals surface area contributed by atoms with E-state index in [2.05, 4.69) is 215 Å². The maximum Gasteiger partial charge on any atom is 0.0555 e. The van der Waals surface area contributed by atoms with Gasteiger partial charge in [0.2, 0.25) is 0 Å². The highest BCUT2D eigenvalue weighted by atomic mass is 32.1. The van der Waals surface area contributed by atoms with Crippen LogP contribution in [-0.2, 0) is 0 Å². The lowest BCUT2D eigenvalue weighted by atomic mass is 9.93. The lowest BCUT2D eigenvalue weighted by molar-refractivity contribution is 1.17. The maximum absolute atomic E-state index is 2.46. The molecule has 0 saturated heterocycles. The van der Waals surface area contributed by atoms with Crippen molar-refractivity contribution < 1.29 is 0 Å². The summed E-state index contributed by atoms with van der Waals surface area (Å²) in [4.78, 5) is 0. The lowest BCUT2D eigenvalue weighted by Gasteiger charge is -2.13. The Morgan fingerprint density at radius 3 is 1.39 bits per heavy atom. The summed E-state index contributed by atoms with van der Waals surface area (Å²) < 4.78 is 7.54. The van der Waals surface area contributed by atoms with Crippen LogP contribution in [0.4, 0.5) is 0 Å². The number of rotatable bonds is 5. The molecule has 0 saturated carbocycles. The number of fused-ring (bicyclic) bond motifs is 10. The second-order valence-corrected chi connectivity index (χ2v) is 16.0. The quantitative estimate of drug-likeness (QED) is 0.166. The van der Waals surface area contributed by atoms with Gasteiger partial charge in [-0.15, -0.1) is 11.3 Å². The monoisotopic (exact) mass is 742 g/mol. The molecule has 0 spiro atoms. The van der Waals surface area contributed by atoms with Crippen molar-refractivity contribution in [3.8, 4) is 44.8 Å². The molecule has 266 valence electrons. The lowest BCUT2D eigenvalue weighted by Crippen LogP contribution is -1.96. The van der Waals surface area contributed by atoms with Crippen LogP contribution in [0.5, 0.6) is 0 Å². The zero-order chi connectivity index (χ0) is 37.5. The molecule has 3 heterocycles. The molecule has 0 bridgehead atoms. The van der Waals surface area contributed by atoms with E-state index in [9.17, 15) is 0 Å². The van der Waals surface area contributed by atoms with Gasteiger partial charge in [0.05, 0.1) is 22.1 Å². The molecule has 0 N–H and O–H groups in total. The highest BCUT2D eigenvalue weighted by Crippen LogP contribution is 2.45. The van der Waals surface area contributed by atoms with Crippen LogP contribution in [0.15, 0.2) is 206 Å². The third-order valence-electron chi connectivity index (χ3n) is 11.7. The molecule has 0 fully saturated rings. The summed E-state index contributed by atoms with van der Waals surface area (Å²) in [6, 6.07) is 75.6. The van der Waals surface area contributed by atoms with E-state index >= 15 is 0 Å². The topological polar surface area (TPSA) is 9.86 Å². The number of hydrogen-bond acceptors (Lipinski definition) is 1. The fourth-order valence-electron chi connectivity index (χ4n) is 9.08. The third kappa shape index (κ3) is 5.03. The summed E-state index contributed by atoms with van der Waals surface area (Å²) in [7, 11) is 0. The average molecular weight is 743 g/mol. The molecule has 0 aliphatic heterocycles. The van der Waals surface area contributed by atoms with E-state index in [4.69, 9.17) is 0 Å². The van der Waals surface area contributed by atoms with Gasteiger partial charge in [0.15, 0.2) is 0 Å². The van der Waals surface area contributed by atoms with E-state index in [1.165, 1.54) is 103 Å². The van der Waals surface area contributed by atoms with Crippen molar-refractivity contribution in [1.82, 2.24) is 9.13 Å². The van der Waals surface area contributed by atoms with Crippen LogP contribution in [0.25, 0.3) is 109 Å². The molecule has 0 radical (unpaired) electrons. The summed E-state index contributed by atoms with van der Waals surface area (Å²) >= 11 is 1.90. The van der Waals surface area contributed by atoms with Gasteiger partial charge in [-0.05, 0) is 106 Å². The van der Waals surface area contributed by atoms with E-state index in [1.54, 1.807) is 0 Å². The second kappa shape index (κ2) is 12.7. The molecule has 0 unspecified atom stereocenters. The molecular formula is C54H34N2S. The number of hydrogen-bond donors (Lipinski definition) is 0. The van der Waals surface area contributed by atoms with Crippen molar-refractivity contribution in [2.45, 2.75) is 0 Å². The Balaban J connectivity index is 1.07. The molecule has 0 amide bonds. The van der Waals surface area contributed by atoms with Gasteiger partial charge in [-0.3, -0.25) is 0 Å². The molecule has 12 aromatic rings. The number of aromatic nitrogens is 2. The zero-order valence-electron chi connectivity index (χ0n) is 30.9. The Labute approximate surface area is 333 Å². The zero-order valence-corrected chi connectivity index (χ0v) is 31.7. The molecule has 9 aromatic carbocycles. The summed E-state index contributed by atoms with van der Waals surface area (Å²) in [6.07, 6.45) is 0. The van der Waals surface area contributed by atoms with Gasteiger partial charge in [-0.25, -0.2) is 0 Å². The van der Waals surface area contributed by atoms with Gasteiger partial charge < -0.3 is 9.13 Å². The van der Waals surface area contributed by atoms with Gasteiger partial charge in [-0.1, -0.05) is 133 Å². The Kier molecular flexibility index (Phi) is 7.13. The Morgan fingerprint density at radius 2 is 0.754 bits per heavy atom. The first-order valence-electron chi connectivity index (χ1n) is 19.5. The molecule has 2 nitrogen and oxygen atoms in total. The fraction of sp³-hybridized carbons (Fsp3) is 0. The van der Waals surface area contributed by atoms with Gasteiger partial charge in [0, 0.05) is 53.1 Å². The molecule has 3 aromatic heterocycles. The van der Waals surface area contributed by atoms with E-state index in [0.717, 1.165) is 5.69 Å². The van der Waals surface area contributed by atoms with E-state index in [1.807, 2.05) is 11.3 Å². The van der Waals surface area contributed by atoms with Crippen molar-refractivity contribution in [3.63, 3.8) is 0 Å². The molecule has 12 rings (SSSR count). The van der Waals surface area contributed by atoms with E-state index < -0.39 is 0 Å². The van der Waals surface area contributed by atoms with Crippen molar-refractivity contribution in [2.24, 2.45) is 0 Å². The van der Waals surface area contributed by atoms with Crippen LogP contribution in [0, 0.1) is 0 Å². The van der Waals surface area contributed by atoms with E-state index in [0.29, 0.717) is 0 Å². The van der Waals surface area contributed by atoms with Gasteiger partial charge in [0.1, 0.15) is 0 Å². The van der Waals surface area contributed by atoms with Crippen LogP contribution in [0.2, 0.25) is 0 Å². The Morgan fingerprint density at radius 1 is 0.281 bits per heavy atom. The highest BCUT2D eigenvalue weighted by Gasteiger charge is 2.20. The normalized spacial score (nSPS) is 11.9. The fourth-order valence-corrected chi connectivity index (χ4v) is 10.3. The predicted molar refractivity (Wildman–Crippen MR) is 244 cm³/mol. The van der Waals surface area contributed by atoms with Gasteiger partial charge in [0.25, 0.3) is 0 Å². The number of thiophene rings is 1. The third-order valence-corrected chi connectivity index (χ3v) is 12.9. The van der Waals surface area contributed by atoms with Crippen LogP contribution in [-0.4, -0.2) is 9.13 Å². The van der Waals surface area contributed by atoms with Gasteiger partial charge >= 0.3 is 0 Å². The van der Waals surface area contributed by atoms with Crippen molar-refractivity contribution in [3.05, 3.63) is 206 Å². The Bertz CT molecular complexity index is 3380. The molecule has 57 heavy (non-hydrogen) atoms. The standard InChI is InChI=1S/C54H34N2S/c1-3-13-35(14-4-1)38-31-39(36-15-5-2-6-16-36)33-40(32-38)37-23-25-41(26-24-37)55-50-29-27-42(56-48-20-10-7-17-43(48)44-18-8-11-21-49(44)56)34-47(50)53-51(55)30-28-46-45-19-9-12-22-52(45)57-54(46)53/h1-34H. The minimum Gasteiger partial charge on any atom is -0.309 e. The summed E-state index contributed by atoms with van der Waals surface area (Å²) in [5.74, 6) is 0. The van der Waals surface area contributed by atoms with Crippen LogP contribution >= 0.6 is 11.3 Å². The number of para-hydroxylation sites is 2. The summed E-state index contributed by atoms with van der Waals surface area (Å²) in [6.45, 7) is 0. The predicted octanol–water partition coefficient (Wildman–Crippen LogP) is 15.2. The number of nitrogens with zero attached hydrogens (tertiary/aromatic N) is 2. The van der Waals surface area contributed by atoms with Crippen molar-refractivity contribution in [1.29, 1.82) is 0 Å². The minimum atomic E-state index is 1.14. The molecule has 3 heteroatoms. The van der Waals surface area contributed by atoms with Crippen LogP contribution in [0.3, 0.4) is 0 Å². The van der Waals surface area contributed by atoms with Gasteiger partial charge in [-0.2, -0.15) is 0 Å². The maximum atomic E-state index is 2.46. The average Bonchev–Trinajstić information content (AvgIpc) is 3.94. The Hall–Kier alpha value is -7.20. The molecule has 0 aliphatic carbocycles. The van der Waals surface area contributed by atoms with Crippen LogP contribution in [0.1, 0.15) is 0 Å². The molecular weight excluding hydrogens is 709 g/mol. The SMILES string of the molecule is c1ccc(-c2cc(-c3ccccc3)cc(-c3ccc(-n4c5ccc(-n6c7ccccc7c7ccccc76)cc5c5c6sc7ccccc7c6ccc54)cc3)c2)cc1. The summed E-state index contributed by atoms with van der Waals surface area (Å²) in [5.41, 5.74) is 14.4. The van der Waals surface area contributed by atoms with Crippen LogP contribution < -0.4 is 0 Å². The smallest absolute Gasteiger partial charge is 0.0555 e. The number of benzene rings is 9. The van der Waals surface area contributed by atoms with E-state index in [-0.39, 0.29) is 0 Å². The largest absolute Gasteiger partial charge is 0.309 e. The minimum absolute atomic E-state index is 1.14. The molecule has 0 atom stereocenters. The first-order chi connectivity index (χ1) is 28.3. The highest BCUT2D eigenvalue weighted by molar-refractivity contribution is 7.26. The van der Waals surface area contributed by atoms with Crippen molar-refractivity contribution >= 4 is 75.1 Å². The second-order valence-electron chi connectivity index (χ2n) is 14.9. The van der Waals surface area contributed by atoms with Crippen molar-refractivity contribution in [2.75, 3.05) is 0 Å². The molecule has 0 aliphatic rings. The first kappa shape index (κ1) is 32.1. The summed E-state index contributed by atoms with van der Waals surface area (Å²) in [5, 5.41) is 7.73. The first-order valence-corrected chi connectivity index (χ1v) is 20.3.